The fourth-order valence-corrected chi connectivity index (χ4v) is 1.46. The van der Waals surface area contributed by atoms with E-state index in [0.29, 0.717) is 16.3 Å². The SMILES string of the molecule is Cl.NN=Cc1ccc(NC(=O)CCC(=O)O)cc1Cl. The number of hydrogen-bond acceptors (Lipinski definition) is 4. The molecule has 0 aromatic heterocycles. The summed E-state index contributed by atoms with van der Waals surface area (Å²) in [7, 11) is 0. The molecule has 0 bridgehead atoms. The minimum atomic E-state index is -1.02. The lowest BCUT2D eigenvalue weighted by Gasteiger charge is -2.06. The molecule has 0 saturated carbocycles. The van der Waals surface area contributed by atoms with Gasteiger partial charge in [-0.3, -0.25) is 9.59 Å². The summed E-state index contributed by atoms with van der Waals surface area (Å²) in [6.07, 6.45) is 1.09. The second-order valence-electron chi connectivity index (χ2n) is 3.46. The van der Waals surface area contributed by atoms with Gasteiger partial charge in [-0.25, -0.2) is 0 Å². The number of nitrogens with one attached hydrogen (secondary N) is 1. The first-order valence-corrected chi connectivity index (χ1v) is 5.45. The van der Waals surface area contributed by atoms with Crippen molar-refractivity contribution in [2.75, 3.05) is 5.32 Å². The minimum absolute atomic E-state index is 0. The van der Waals surface area contributed by atoms with Crippen LogP contribution in [0.4, 0.5) is 5.69 Å². The lowest BCUT2D eigenvalue weighted by Crippen LogP contribution is -2.13. The highest BCUT2D eigenvalue weighted by Gasteiger charge is 2.07. The number of aliphatic carboxylic acids is 1. The molecule has 104 valence electrons. The maximum Gasteiger partial charge on any atom is 0.303 e. The van der Waals surface area contributed by atoms with E-state index in [2.05, 4.69) is 10.4 Å². The topological polar surface area (TPSA) is 105 Å². The lowest BCUT2D eigenvalue weighted by molar-refractivity contribution is -0.138. The van der Waals surface area contributed by atoms with Gasteiger partial charge in [0, 0.05) is 17.7 Å². The summed E-state index contributed by atoms with van der Waals surface area (Å²) in [4.78, 5) is 21.7. The highest BCUT2D eigenvalue weighted by Crippen LogP contribution is 2.19. The number of hydrazone groups is 1. The predicted octanol–water partition coefficient (Wildman–Crippen LogP) is 1.86. The maximum absolute atomic E-state index is 11.4. The number of nitrogens with zero attached hydrogens (tertiary/aromatic N) is 1. The van der Waals surface area contributed by atoms with Crippen molar-refractivity contribution in [3.63, 3.8) is 0 Å². The summed E-state index contributed by atoms with van der Waals surface area (Å²) < 4.78 is 0. The fraction of sp³-hybridized carbons (Fsp3) is 0.182. The first kappa shape index (κ1) is 17.2. The van der Waals surface area contributed by atoms with Crippen LogP contribution < -0.4 is 11.2 Å². The number of nitrogens with two attached hydrogens (primary N) is 1. The molecule has 0 fully saturated rings. The first-order valence-electron chi connectivity index (χ1n) is 5.07. The maximum atomic E-state index is 11.4. The van der Waals surface area contributed by atoms with Crippen LogP contribution in [0.2, 0.25) is 5.02 Å². The van der Waals surface area contributed by atoms with Gasteiger partial charge in [-0.1, -0.05) is 11.6 Å². The molecular weight excluding hydrogens is 293 g/mol. The number of carbonyl (C=O) groups excluding carboxylic acids is 1. The highest BCUT2D eigenvalue weighted by atomic mass is 35.5. The van der Waals surface area contributed by atoms with Crippen molar-refractivity contribution >= 4 is 47.8 Å². The average Bonchev–Trinajstić information content (AvgIpc) is 2.30. The number of rotatable bonds is 5. The number of carboxylic acids is 1. The van der Waals surface area contributed by atoms with Gasteiger partial charge in [0.05, 0.1) is 17.7 Å². The average molecular weight is 306 g/mol. The van der Waals surface area contributed by atoms with E-state index in [1.54, 1.807) is 12.1 Å². The Balaban J connectivity index is 0.00000324. The van der Waals surface area contributed by atoms with Crippen molar-refractivity contribution in [1.29, 1.82) is 0 Å². The van der Waals surface area contributed by atoms with Gasteiger partial charge < -0.3 is 16.3 Å². The van der Waals surface area contributed by atoms with E-state index in [9.17, 15) is 9.59 Å². The Morgan fingerprint density at radius 1 is 1.42 bits per heavy atom. The Labute approximate surface area is 121 Å². The van der Waals surface area contributed by atoms with E-state index in [-0.39, 0.29) is 31.2 Å². The van der Waals surface area contributed by atoms with Crippen molar-refractivity contribution in [3.05, 3.63) is 28.8 Å². The second-order valence-corrected chi connectivity index (χ2v) is 3.86. The van der Waals surface area contributed by atoms with Crippen molar-refractivity contribution in [2.24, 2.45) is 10.9 Å². The van der Waals surface area contributed by atoms with Crippen molar-refractivity contribution < 1.29 is 14.7 Å². The molecule has 0 aliphatic rings. The molecule has 0 aliphatic heterocycles. The van der Waals surface area contributed by atoms with Gasteiger partial charge in [-0.05, 0) is 18.2 Å². The third kappa shape index (κ3) is 6.08. The van der Waals surface area contributed by atoms with Gasteiger partial charge in [0.2, 0.25) is 5.91 Å². The molecule has 0 aliphatic carbocycles. The van der Waals surface area contributed by atoms with Gasteiger partial charge in [-0.15, -0.1) is 12.4 Å². The number of carboxylic acid groups (broad SMARTS) is 1. The Hall–Kier alpha value is -1.79. The largest absolute Gasteiger partial charge is 0.481 e. The molecule has 0 unspecified atom stereocenters. The van der Waals surface area contributed by atoms with Crippen LogP contribution in [0, 0.1) is 0 Å². The van der Waals surface area contributed by atoms with E-state index in [1.165, 1.54) is 12.3 Å². The normalized spacial score (nSPS) is 9.95. The molecule has 0 radical (unpaired) electrons. The summed E-state index contributed by atoms with van der Waals surface area (Å²) in [5.41, 5.74) is 1.12. The van der Waals surface area contributed by atoms with Gasteiger partial charge in [0.15, 0.2) is 0 Å². The molecule has 0 heterocycles. The fourth-order valence-electron chi connectivity index (χ4n) is 1.23. The van der Waals surface area contributed by atoms with Crippen LogP contribution in [-0.4, -0.2) is 23.2 Å². The third-order valence-corrected chi connectivity index (χ3v) is 2.39. The molecule has 8 heteroatoms. The lowest BCUT2D eigenvalue weighted by atomic mass is 10.2. The standard InChI is InChI=1S/C11H12ClN3O3.ClH/c12-9-5-8(2-1-7(9)6-14-13)15-10(16)3-4-11(17)18;/h1-2,5-6H,3-4,13H2,(H,15,16)(H,17,18);1H. The molecule has 0 spiro atoms. The summed E-state index contributed by atoms with van der Waals surface area (Å²) in [6, 6.07) is 4.81. The molecule has 1 aromatic carbocycles. The van der Waals surface area contributed by atoms with E-state index < -0.39 is 5.97 Å². The van der Waals surface area contributed by atoms with Crippen LogP contribution in [0.5, 0.6) is 0 Å². The van der Waals surface area contributed by atoms with Gasteiger partial charge in [-0.2, -0.15) is 5.10 Å². The number of hydrogen-bond donors (Lipinski definition) is 3. The van der Waals surface area contributed by atoms with Crippen molar-refractivity contribution in [3.8, 4) is 0 Å². The van der Waals surface area contributed by atoms with Crippen LogP contribution in [-0.2, 0) is 9.59 Å². The molecule has 1 aromatic rings. The zero-order chi connectivity index (χ0) is 13.5. The molecule has 0 saturated heterocycles. The number of carbonyl (C=O) groups is 2. The third-order valence-electron chi connectivity index (χ3n) is 2.06. The van der Waals surface area contributed by atoms with Crippen LogP contribution in [0.1, 0.15) is 18.4 Å². The number of amides is 1. The quantitative estimate of drug-likeness (QED) is 0.438. The number of halogens is 2. The second kappa shape index (κ2) is 8.34. The Bertz CT molecular complexity index is 492. The Kier molecular flexibility index (Phi) is 7.55. The highest BCUT2D eigenvalue weighted by molar-refractivity contribution is 6.33. The van der Waals surface area contributed by atoms with Crippen LogP contribution in [0.3, 0.4) is 0 Å². The number of anilines is 1. The Morgan fingerprint density at radius 3 is 2.63 bits per heavy atom. The summed E-state index contributed by atoms with van der Waals surface area (Å²) in [5, 5.41) is 14.7. The zero-order valence-electron chi connectivity index (χ0n) is 9.80. The van der Waals surface area contributed by atoms with E-state index in [4.69, 9.17) is 22.6 Å². The summed E-state index contributed by atoms with van der Waals surface area (Å²) in [6.45, 7) is 0. The predicted molar refractivity (Wildman–Crippen MR) is 76.0 cm³/mol. The van der Waals surface area contributed by atoms with Gasteiger partial charge >= 0.3 is 5.97 Å². The molecule has 1 amide bonds. The zero-order valence-corrected chi connectivity index (χ0v) is 11.4. The molecular formula is C11H13Cl2N3O3. The monoisotopic (exact) mass is 305 g/mol. The van der Waals surface area contributed by atoms with Crippen LogP contribution in [0.25, 0.3) is 0 Å². The molecule has 4 N–H and O–H groups in total. The molecule has 1 rings (SSSR count). The van der Waals surface area contributed by atoms with Crippen LogP contribution >= 0.6 is 24.0 Å². The van der Waals surface area contributed by atoms with Gasteiger partial charge in [0.25, 0.3) is 0 Å². The van der Waals surface area contributed by atoms with Crippen LogP contribution in [0.15, 0.2) is 23.3 Å². The molecule has 6 nitrogen and oxygen atoms in total. The van der Waals surface area contributed by atoms with E-state index in [1.807, 2.05) is 0 Å². The Morgan fingerprint density at radius 2 is 2.11 bits per heavy atom. The van der Waals surface area contributed by atoms with Gasteiger partial charge in [0.1, 0.15) is 0 Å². The summed E-state index contributed by atoms with van der Waals surface area (Å²) >= 11 is 5.93. The van der Waals surface area contributed by atoms with Crippen molar-refractivity contribution in [2.45, 2.75) is 12.8 Å². The van der Waals surface area contributed by atoms with E-state index >= 15 is 0 Å². The van der Waals surface area contributed by atoms with E-state index in [0.717, 1.165) is 0 Å². The smallest absolute Gasteiger partial charge is 0.303 e. The van der Waals surface area contributed by atoms with Crippen molar-refractivity contribution in [1.82, 2.24) is 0 Å². The summed E-state index contributed by atoms with van der Waals surface area (Å²) in [5.74, 6) is 3.60. The number of benzene rings is 1. The first-order chi connectivity index (χ1) is 8.52. The molecule has 19 heavy (non-hydrogen) atoms. The molecule has 0 atom stereocenters. The minimum Gasteiger partial charge on any atom is -0.481 e.